The minimum Gasteiger partial charge on any atom is -0.368 e. The number of H-pyrrole nitrogens is 1. The number of anilines is 2. The van der Waals surface area contributed by atoms with Gasteiger partial charge in [0.05, 0.1) is 17.3 Å². The number of nitrogen functional groups attached to an aromatic ring is 1. The molecule has 1 fully saturated rings. The van der Waals surface area contributed by atoms with Crippen molar-refractivity contribution < 1.29 is 4.79 Å². The van der Waals surface area contributed by atoms with E-state index in [9.17, 15) is 4.79 Å². The molecule has 1 aliphatic carbocycles. The summed E-state index contributed by atoms with van der Waals surface area (Å²) in [5.41, 5.74) is 11.0. The summed E-state index contributed by atoms with van der Waals surface area (Å²) < 4.78 is 0. The normalized spacial score (nSPS) is 19.2. The molecule has 3 aromatic rings. The molecule has 5 rings (SSSR count). The summed E-state index contributed by atoms with van der Waals surface area (Å²) in [5.74, 6) is 0.238. The van der Waals surface area contributed by atoms with Crippen LogP contribution in [0.4, 0.5) is 16.4 Å². The van der Waals surface area contributed by atoms with E-state index in [-0.39, 0.29) is 18.0 Å². The Kier molecular flexibility index (Phi) is 4.74. The van der Waals surface area contributed by atoms with Gasteiger partial charge in [0, 0.05) is 37.9 Å². The molecule has 1 saturated heterocycles. The summed E-state index contributed by atoms with van der Waals surface area (Å²) in [6.45, 7) is 4.86. The minimum absolute atomic E-state index is 0.0389. The van der Waals surface area contributed by atoms with Gasteiger partial charge in [-0.1, -0.05) is 6.07 Å². The van der Waals surface area contributed by atoms with Gasteiger partial charge in [-0.25, -0.2) is 9.78 Å². The smallest absolute Gasteiger partial charge is 0.321 e. The van der Waals surface area contributed by atoms with Crippen molar-refractivity contribution in [3.05, 3.63) is 41.2 Å². The Morgan fingerprint density at radius 3 is 3.00 bits per heavy atom. The van der Waals surface area contributed by atoms with Gasteiger partial charge < -0.3 is 16.0 Å². The highest BCUT2D eigenvalue weighted by Crippen LogP contribution is 2.25. The van der Waals surface area contributed by atoms with Crippen LogP contribution in [-0.2, 0) is 19.4 Å². The predicted molar refractivity (Wildman–Crippen MR) is 115 cm³/mol. The molecule has 2 aliphatic rings. The molecular formula is C21H26N8O. The number of carbonyl (C=O) groups excluding carboxylic acids is 1. The SMILES string of the molecule is CC1CN(C(=O)Nc2ccc3c(c2)CCC3)CCN1Cc1nc(N)nc2[nH]ncc12. The molecule has 30 heavy (non-hydrogen) atoms. The number of hydrogen-bond donors (Lipinski definition) is 3. The third kappa shape index (κ3) is 3.56. The van der Waals surface area contributed by atoms with Gasteiger partial charge in [0.2, 0.25) is 5.95 Å². The summed E-state index contributed by atoms with van der Waals surface area (Å²) >= 11 is 0. The number of nitrogens with zero attached hydrogens (tertiary/aromatic N) is 5. The number of piperazine rings is 1. The van der Waals surface area contributed by atoms with Gasteiger partial charge >= 0.3 is 6.03 Å². The van der Waals surface area contributed by atoms with Gasteiger partial charge in [0.15, 0.2) is 5.65 Å². The highest BCUT2D eigenvalue weighted by Gasteiger charge is 2.28. The largest absolute Gasteiger partial charge is 0.368 e. The zero-order valence-corrected chi connectivity index (χ0v) is 17.1. The van der Waals surface area contributed by atoms with Gasteiger partial charge in [-0.15, -0.1) is 0 Å². The Balaban J connectivity index is 1.23. The van der Waals surface area contributed by atoms with Crippen LogP contribution < -0.4 is 11.1 Å². The first-order valence-electron chi connectivity index (χ1n) is 10.4. The first kappa shape index (κ1) is 18.8. The second-order valence-corrected chi connectivity index (χ2v) is 8.19. The molecule has 1 aromatic carbocycles. The number of aromatic amines is 1. The number of benzene rings is 1. The highest BCUT2D eigenvalue weighted by atomic mass is 16.2. The first-order chi connectivity index (χ1) is 14.6. The highest BCUT2D eigenvalue weighted by molar-refractivity contribution is 5.89. The van der Waals surface area contributed by atoms with Crippen molar-refractivity contribution >= 4 is 28.7 Å². The van der Waals surface area contributed by atoms with Crippen molar-refractivity contribution in [2.75, 3.05) is 30.7 Å². The molecule has 1 atom stereocenters. The molecule has 0 spiro atoms. The summed E-state index contributed by atoms with van der Waals surface area (Å²) in [7, 11) is 0. The summed E-state index contributed by atoms with van der Waals surface area (Å²) in [6, 6.07) is 6.43. The Labute approximate surface area is 174 Å². The molecule has 0 saturated carbocycles. The quantitative estimate of drug-likeness (QED) is 0.614. The molecule has 0 radical (unpaired) electrons. The Morgan fingerprint density at radius 2 is 2.13 bits per heavy atom. The monoisotopic (exact) mass is 406 g/mol. The van der Waals surface area contributed by atoms with Crippen LogP contribution in [0.3, 0.4) is 0 Å². The Morgan fingerprint density at radius 1 is 1.27 bits per heavy atom. The molecular weight excluding hydrogens is 380 g/mol. The molecule has 1 unspecified atom stereocenters. The third-order valence-electron chi connectivity index (χ3n) is 6.16. The molecule has 0 bridgehead atoms. The molecule has 9 nitrogen and oxygen atoms in total. The summed E-state index contributed by atoms with van der Waals surface area (Å²) in [5, 5.41) is 10.9. The molecule has 2 aromatic heterocycles. The van der Waals surface area contributed by atoms with Crippen LogP contribution >= 0.6 is 0 Å². The molecule has 3 heterocycles. The molecule has 4 N–H and O–H groups in total. The van der Waals surface area contributed by atoms with Crippen molar-refractivity contribution in [1.29, 1.82) is 0 Å². The Hall–Kier alpha value is -3.20. The van der Waals surface area contributed by atoms with E-state index in [1.54, 1.807) is 6.20 Å². The minimum atomic E-state index is -0.0389. The van der Waals surface area contributed by atoms with Gasteiger partial charge in [0.25, 0.3) is 0 Å². The van der Waals surface area contributed by atoms with E-state index in [0.29, 0.717) is 25.3 Å². The number of nitrogens with one attached hydrogen (secondary N) is 2. The van der Waals surface area contributed by atoms with E-state index >= 15 is 0 Å². The van der Waals surface area contributed by atoms with Crippen LogP contribution in [0.1, 0.15) is 30.2 Å². The molecule has 2 amide bonds. The second-order valence-electron chi connectivity index (χ2n) is 8.19. The van der Waals surface area contributed by atoms with Crippen LogP contribution in [0.25, 0.3) is 11.0 Å². The number of nitrogens with two attached hydrogens (primary N) is 1. The Bertz CT molecular complexity index is 1090. The van der Waals surface area contributed by atoms with Crippen LogP contribution in [0, 0.1) is 0 Å². The van der Waals surface area contributed by atoms with Crippen LogP contribution in [-0.4, -0.2) is 61.7 Å². The fourth-order valence-electron chi connectivity index (χ4n) is 4.49. The lowest BCUT2D eigenvalue weighted by Gasteiger charge is -2.39. The van der Waals surface area contributed by atoms with Gasteiger partial charge in [-0.3, -0.25) is 10.00 Å². The van der Waals surface area contributed by atoms with E-state index in [1.165, 1.54) is 17.5 Å². The number of hydrogen-bond acceptors (Lipinski definition) is 6. The van der Waals surface area contributed by atoms with E-state index in [1.807, 2.05) is 11.0 Å². The van der Waals surface area contributed by atoms with Crippen LogP contribution in [0.15, 0.2) is 24.4 Å². The lowest BCUT2D eigenvalue weighted by molar-refractivity contribution is 0.0968. The number of fused-ring (bicyclic) bond motifs is 2. The lowest BCUT2D eigenvalue weighted by Crippen LogP contribution is -2.54. The molecule has 156 valence electrons. The van der Waals surface area contributed by atoms with Crippen LogP contribution in [0.5, 0.6) is 0 Å². The first-order valence-corrected chi connectivity index (χ1v) is 10.4. The predicted octanol–water partition coefficient (Wildman–Crippen LogP) is 2.16. The maximum absolute atomic E-state index is 12.8. The molecule has 9 heteroatoms. The average Bonchev–Trinajstić information content (AvgIpc) is 3.38. The third-order valence-corrected chi connectivity index (χ3v) is 6.16. The zero-order valence-electron chi connectivity index (χ0n) is 17.1. The fourth-order valence-corrected chi connectivity index (χ4v) is 4.49. The number of aromatic nitrogens is 4. The maximum atomic E-state index is 12.8. The van der Waals surface area contributed by atoms with Crippen molar-refractivity contribution in [2.24, 2.45) is 0 Å². The van der Waals surface area contributed by atoms with E-state index < -0.39 is 0 Å². The van der Waals surface area contributed by atoms with Gasteiger partial charge in [-0.2, -0.15) is 10.1 Å². The van der Waals surface area contributed by atoms with Crippen molar-refractivity contribution in [1.82, 2.24) is 30.0 Å². The number of amides is 2. The summed E-state index contributed by atoms with van der Waals surface area (Å²) in [4.78, 5) is 25.6. The summed E-state index contributed by atoms with van der Waals surface area (Å²) in [6.07, 6.45) is 5.18. The lowest BCUT2D eigenvalue weighted by atomic mass is 10.1. The maximum Gasteiger partial charge on any atom is 0.321 e. The van der Waals surface area contributed by atoms with Crippen molar-refractivity contribution in [3.63, 3.8) is 0 Å². The topological polar surface area (TPSA) is 116 Å². The second kappa shape index (κ2) is 7.56. The van der Waals surface area contributed by atoms with Crippen molar-refractivity contribution in [2.45, 2.75) is 38.8 Å². The number of rotatable bonds is 3. The number of urea groups is 1. The van der Waals surface area contributed by atoms with Gasteiger partial charge in [0.1, 0.15) is 0 Å². The number of aryl methyl sites for hydroxylation is 2. The van der Waals surface area contributed by atoms with E-state index in [2.05, 4.69) is 49.4 Å². The average molecular weight is 406 g/mol. The van der Waals surface area contributed by atoms with Crippen LogP contribution in [0.2, 0.25) is 0 Å². The van der Waals surface area contributed by atoms with Gasteiger partial charge in [-0.05, 0) is 49.4 Å². The fraction of sp³-hybridized carbons (Fsp3) is 0.429. The standard InChI is InChI=1S/C21H26N8O/c1-13-11-29(21(30)24-16-6-5-14-3-2-4-15(14)9-16)8-7-28(13)12-18-17-10-23-27-19(17)26-20(22)25-18/h5-6,9-10,13H,2-4,7-8,11-12H2,1H3,(H,24,30)(H3,22,23,25,26,27). The molecule has 1 aliphatic heterocycles. The number of carbonyl (C=O) groups is 1. The van der Waals surface area contributed by atoms with E-state index in [0.717, 1.165) is 36.2 Å². The van der Waals surface area contributed by atoms with E-state index in [4.69, 9.17) is 5.73 Å². The zero-order chi connectivity index (χ0) is 20.7. The van der Waals surface area contributed by atoms with Crippen molar-refractivity contribution in [3.8, 4) is 0 Å².